The molecule has 88 valence electrons. The number of benzene rings is 1. The molecule has 0 spiro atoms. The summed E-state index contributed by atoms with van der Waals surface area (Å²) in [7, 11) is 0. The van der Waals surface area contributed by atoms with Crippen molar-refractivity contribution in [3.63, 3.8) is 0 Å². The minimum atomic E-state index is -5.10. The van der Waals surface area contributed by atoms with Crippen LogP contribution in [0.2, 0.25) is 5.02 Å². The van der Waals surface area contributed by atoms with Gasteiger partial charge in [-0.15, -0.1) is 0 Å². The van der Waals surface area contributed by atoms with E-state index in [1.165, 1.54) is 0 Å². The number of hydrogen-bond donors (Lipinski definition) is 0. The fourth-order valence-electron chi connectivity index (χ4n) is 0.957. The molecule has 0 aromatic heterocycles. The zero-order chi connectivity index (χ0) is 12.7. The maximum absolute atomic E-state index is 12.8. The Balaban J connectivity index is 3.64. The van der Waals surface area contributed by atoms with Crippen molar-refractivity contribution in [1.82, 2.24) is 0 Å². The smallest absolute Gasteiger partial charge is 0.258 e. The lowest BCUT2D eigenvalue weighted by Gasteiger charge is -2.09. The molecule has 0 heterocycles. The Hall–Kier alpha value is -1.44. The van der Waals surface area contributed by atoms with E-state index >= 15 is 0 Å². The predicted octanol–water partition coefficient (Wildman–Crippen LogP) is 3.55. The highest BCUT2D eigenvalue weighted by Gasteiger charge is 2.39. The van der Waals surface area contributed by atoms with Gasteiger partial charge < -0.3 is 0 Å². The molecule has 0 bridgehead atoms. The average molecular weight is 262 g/mol. The third-order valence-corrected chi connectivity index (χ3v) is 2.00. The van der Waals surface area contributed by atoms with E-state index in [0.717, 1.165) is 0 Å². The molecule has 0 fully saturated rings. The zero-order valence-electron chi connectivity index (χ0n) is 7.11. The first kappa shape index (κ1) is 12.6. The third-order valence-electron chi connectivity index (χ3n) is 1.62. The van der Waals surface area contributed by atoms with Crippen LogP contribution < -0.4 is 0 Å². The summed E-state index contributed by atoms with van der Waals surface area (Å²) in [5.74, 6) is -4.01. The van der Waals surface area contributed by atoms with E-state index < -0.39 is 39.0 Å². The van der Waals surface area contributed by atoms with Crippen LogP contribution in [0.1, 0.15) is 5.56 Å². The van der Waals surface area contributed by atoms with Crippen molar-refractivity contribution in [3.05, 3.63) is 38.4 Å². The van der Waals surface area contributed by atoms with Gasteiger partial charge in [0.05, 0.1) is 10.5 Å². The molecule has 0 atom stereocenters. The summed E-state index contributed by atoms with van der Waals surface area (Å²) >= 11 is 5.00. The summed E-state index contributed by atoms with van der Waals surface area (Å²) in [6.45, 7) is 0. The number of halogens is 6. The van der Waals surface area contributed by atoms with Gasteiger partial charge in [-0.25, -0.2) is 4.39 Å². The average Bonchev–Trinajstić information content (AvgIpc) is 2.09. The van der Waals surface area contributed by atoms with Gasteiger partial charge in [0, 0.05) is 0 Å². The summed E-state index contributed by atoms with van der Waals surface area (Å²) < 4.78 is 62.1. The van der Waals surface area contributed by atoms with Gasteiger partial charge in [0.25, 0.3) is 0 Å². The van der Waals surface area contributed by atoms with E-state index in [9.17, 15) is 32.1 Å². The van der Waals surface area contributed by atoms with E-state index in [2.05, 4.69) is 0 Å². The van der Waals surface area contributed by atoms with Gasteiger partial charge in [-0.1, -0.05) is 11.6 Å². The second-order valence-electron chi connectivity index (χ2n) is 2.64. The molecular formula is C7HClF5NO2. The number of alkyl halides is 3. The highest BCUT2D eigenvalue weighted by Crippen LogP contribution is 2.41. The van der Waals surface area contributed by atoms with Crippen LogP contribution in [-0.4, -0.2) is 4.92 Å². The summed E-state index contributed by atoms with van der Waals surface area (Å²) in [6, 6.07) is -0.231. The van der Waals surface area contributed by atoms with Crippen LogP contribution in [0.3, 0.4) is 0 Å². The highest BCUT2D eigenvalue weighted by molar-refractivity contribution is 6.33. The highest BCUT2D eigenvalue weighted by atomic mass is 35.5. The number of nitrogens with zero attached hydrogens (tertiary/aromatic N) is 1. The van der Waals surface area contributed by atoms with E-state index in [-0.39, 0.29) is 6.07 Å². The van der Waals surface area contributed by atoms with E-state index in [4.69, 9.17) is 11.6 Å². The second-order valence-corrected chi connectivity index (χ2v) is 3.02. The van der Waals surface area contributed by atoms with Crippen molar-refractivity contribution in [2.45, 2.75) is 6.18 Å². The van der Waals surface area contributed by atoms with E-state index in [1.54, 1.807) is 0 Å². The molecule has 0 amide bonds. The molecule has 0 aliphatic carbocycles. The van der Waals surface area contributed by atoms with Gasteiger partial charge in [0.2, 0.25) is 5.82 Å². The van der Waals surface area contributed by atoms with Gasteiger partial charge in [-0.2, -0.15) is 17.6 Å². The first-order valence-corrected chi connectivity index (χ1v) is 3.93. The van der Waals surface area contributed by atoms with Crippen LogP contribution in [0.15, 0.2) is 6.07 Å². The van der Waals surface area contributed by atoms with Crippen LogP contribution in [-0.2, 0) is 6.18 Å². The summed E-state index contributed by atoms with van der Waals surface area (Å²) in [6.07, 6.45) is -5.10. The lowest BCUT2D eigenvalue weighted by Crippen LogP contribution is -2.10. The monoisotopic (exact) mass is 261 g/mol. The summed E-state index contributed by atoms with van der Waals surface area (Å²) in [4.78, 5) is 8.70. The molecule has 0 aliphatic heterocycles. The minimum Gasteiger partial charge on any atom is -0.258 e. The molecule has 16 heavy (non-hydrogen) atoms. The molecule has 0 saturated heterocycles. The SMILES string of the molecule is O=[N+]([O-])c1c(F)c(F)cc(C(F)(F)F)c1Cl. The fourth-order valence-corrected chi connectivity index (χ4v) is 1.27. The van der Waals surface area contributed by atoms with Gasteiger partial charge in [-0.05, 0) is 6.07 Å². The van der Waals surface area contributed by atoms with Crippen LogP contribution in [0.5, 0.6) is 0 Å². The molecule has 0 N–H and O–H groups in total. The summed E-state index contributed by atoms with van der Waals surface area (Å²) in [5.41, 5.74) is -3.52. The Kier molecular flexibility index (Phi) is 3.04. The molecular weight excluding hydrogens is 261 g/mol. The molecule has 1 rings (SSSR count). The molecule has 9 heteroatoms. The van der Waals surface area contributed by atoms with Crippen LogP contribution in [0, 0.1) is 21.7 Å². The van der Waals surface area contributed by atoms with Gasteiger partial charge in [-0.3, -0.25) is 10.1 Å². The Morgan fingerprint density at radius 2 is 1.81 bits per heavy atom. The zero-order valence-corrected chi connectivity index (χ0v) is 7.86. The second kappa shape index (κ2) is 3.85. The van der Waals surface area contributed by atoms with Crippen molar-refractivity contribution in [1.29, 1.82) is 0 Å². The molecule has 0 aliphatic rings. The fraction of sp³-hybridized carbons (Fsp3) is 0.143. The Bertz CT molecular complexity index is 459. The van der Waals surface area contributed by atoms with Gasteiger partial charge in [0.1, 0.15) is 5.02 Å². The molecule has 0 unspecified atom stereocenters. The van der Waals surface area contributed by atoms with Crippen molar-refractivity contribution >= 4 is 17.3 Å². The normalized spacial score (nSPS) is 11.6. The number of nitro groups is 1. The first-order chi connectivity index (χ1) is 7.16. The van der Waals surface area contributed by atoms with Crippen LogP contribution in [0.25, 0.3) is 0 Å². The largest absolute Gasteiger partial charge is 0.418 e. The van der Waals surface area contributed by atoms with E-state index in [1.807, 2.05) is 0 Å². The van der Waals surface area contributed by atoms with Crippen molar-refractivity contribution in [2.75, 3.05) is 0 Å². The Labute approximate surface area is 89.6 Å². The molecule has 0 saturated carbocycles. The van der Waals surface area contributed by atoms with Crippen molar-refractivity contribution < 1.29 is 26.9 Å². The quantitative estimate of drug-likeness (QED) is 0.336. The Morgan fingerprint density at radius 1 is 1.31 bits per heavy atom. The first-order valence-electron chi connectivity index (χ1n) is 3.55. The maximum Gasteiger partial charge on any atom is 0.418 e. The standard InChI is InChI=1S/C7HClF5NO2/c8-4-2(7(11,12)13)1-3(9)5(10)6(4)14(15)16/h1H. The maximum atomic E-state index is 12.8. The van der Waals surface area contributed by atoms with Crippen molar-refractivity contribution in [2.24, 2.45) is 0 Å². The van der Waals surface area contributed by atoms with Crippen molar-refractivity contribution in [3.8, 4) is 0 Å². The number of rotatable bonds is 1. The predicted molar refractivity (Wildman–Crippen MR) is 43.0 cm³/mol. The molecule has 0 radical (unpaired) electrons. The van der Waals surface area contributed by atoms with Gasteiger partial charge in [0.15, 0.2) is 5.82 Å². The Morgan fingerprint density at radius 3 is 2.19 bits per heavy atom. The molecule has 1 aromatic carbocycles. The van der Waals surface area contributed by atoms with Gasteiger partial charge >= 0.3 is 11.9 Å². The number of hydrogen-bond acceptors (Lipinski definition) is 2. The van der Waals surface area contributed by atoms with E-state index in [0.29, 0.717) is 0 Å². The molecule has 1 aromatic rings. The third kappa shape index (κ3) is 2.06. The summed E-state index contributed by atoms with van der Waals surface area (Å²) in [5, 5.41) is 8.75. The lowest BCUT2D eigenvalue weighted by molar-refractivity contribution is -0.387. The minimum absolute atomic E-state index is 0.231. The lowest BCUT2D eigenvalue weighted by atomic mass is 10.1. The van der Waals surface area contributed by atoms with Crippen LogP contribution >= 0.6 is 11.6 Å². The van der Waals surface area contributed by atoms with Crippen LogP contribution in [0.4, 0.5) is 27.6 Å². The topological polar surface area (TPSA) is 43.1 Å². The number of nitro benzene ring substituents is 1. The molecule has 3 nitrogen and oxygen atoms in total.